The lowest BCUT2D eigenvalue weighted by Gasteiger charge is -2.33. The molecule has 1 unspecified atom stereocenters. The molecule has 0 amide bonds. The Morgan fingerprint density at radius 2 is 2.35 bits per heavy atom. The first-order chi connectivity index (χ1) is 8.22. The third-order valence-corrected chi connectivity index (χ3v) is 3.54. The van der Waals surface area contributed by atoms with Gasteiger partial charge in [-0.2, -0.15) is 5.26 Å². The molecule has 1 aromatic rings. The molecule has 0 N–H and O–H groups in total. The van der Waals surface area contributed by atoms with Crippen LogP contribution < -0.4 is 4.74 Å². The molecule has 1 heterocycles. The van der Waals surface area contributed by atoms with Crippen LogP contribution in [0, 0.1) is 11.3 Å². The molecule has 0 bridgehead atoms. The summed E-state index contributed by atoms with van der Waals surface area (Å²) < 4.78 is 5.59. The van der Waals surface area contributed by atoms with Crippen molar-refractivity contribution in [2.24, 2.45) is 0 Å². The van der Waals surface area contributed by atoms with E-state index in [-0.39, 0.29) is 0 Å². The molecule has 1 atom stereocenters. The number of rotatable bonds is 2. The minimum atomic E-state index is -0.496. The summed E-state index contributed by atoms with van der Waals surface area (Å²) >= 11 is 5.71. The molecule has 1 aliphatic heterocycles. The van der Waals surface area contributed by atoms with Crippen molar-refractivity contribution in [3.05, 3.63) is 40.9 Å². The van der Waals surface area contributed by atoms with Crippen LogP contribution in [0.3, 0.4) is 0 Å². The number of halogens is 1. The van der Waals surface area contributed by atoms with Gasteiger partial charge in [-0.05, 0) is 19.4 Å². The number of nitrogens with zero attached hydrogens (tertiary/aromatic N) is 1. The van der Waals surface area contributed by atoms with Crippen LogP contribution in [0.1, 0.15) is 25.3 Å². The van der Waals surface area contributed by atoms with Crippen LogP contribution in [0.4, 0.5) is 0 Å². The van der Waals surface area contributed by atoms with Crippen molar-refractivity contribution in [3.63, 3.8) is 0 Å². The van der Waals surface area contributed by atoms with Crippen LogP contribution >= 0.6 is 11.6 Å². The number of ether oxygens (including phenoxy) is 1. The summed E-state index contributed by atoms with van der Waals surface area (Å²) in [6.07, 6.45) is 1.37. The maximum Gasteiger partial charge on any atom is 0.124 e. The Labute approximate surface area is 106 Å². The Bertz CT molecular complexity index is 489. The van der Waals surface area contributed by atoms with E-state index in [9.17, 15) is 5.26 Å². The minimum absolute atomic E-state index is 0.496. The zero-order valence-corrected chi connectivity index (χ0v) is 10.5. The molecule has 2 nitrogen and oxygen atoms in total. The molecule has 1 aromatic carbocycles. The second-order valence-electron chi connectivity index (χ2n) is 4.42. The lowest BCUT2D eigenvalue weighted by atomic mass is 9.73. The third kappa shape index (κ3) is 2.16. The standard InChI is InChI=1S/C14H14ClNO/c1-11(9-15)8-14(10-16)6-7-17-13-5-3-2-4-12(13)14/h2-5,9H,6-8H2,1H3/b11-9-. The molecule has 88 valence electrons. The van der Waals surface area contributed by atoms with Crippen LogP contribution in [0.5, 0.6) is 5.75 Å². The van der Waals surface area contributed by atoms with Crippen molar-refractivity contribution in [1.82, 2.24) is 0 Å². The van der Waals surface area contributed by atoms with E-state index in [1.165, 1.54) is 0 Å². The quantitative estimate of drug-likeness (QED) is 0.797. The second kappa shape index (κ2) is 4.81. The number of hydrogen-bond donors (Lipinski definition) is 0. The molecular formula is C14H14ClNO. The summed E-state index contributed by atoms with van der Waals surface area (Å²) in [6.45, 7) is 2.53. The van der Waals surface area contributed by atoms with Gasteiger partial charge in [-0.15, -0.1) is 0 Å². The predicted molar refractivity (Wildman–Crippen MR) is 68.1 cm³/mol. The number of allylic oxidation sites excluding steroid dienone is 1. The minimum Gasteiger partial charge on any atom is -0.493 e. The largest absolute Gasteiger partial charge is 0.493 e. The lowest BCUT2D eigenvalue weighted by molar-refractivity contribution is 0.241. The lowest BCUT2D eigenvalue weighted by Crippen LogP contribution is -2.31. The van der Waals surface area contributed by atoms with Crippen LogP contribution in [0.15, 0.2) is 35.4 Å². The van der Waals surface area contributed by atoms with Gasteiger partial charge >= 0.3 is 0 Å². The first kappa shape index (κ1) is 12.0. The topological polar surface area (TPSA) is 33.0 Å². The van der Waals surface area contributed by atoms with E-state index in [4.69, 9.17) is 16.3 Å². The zero-order chi connectivity index (χ0) is 12.3. The molecular weight excluding hydrogens is 234 g/mol. The Balaban J connectivity index is 2.47. The van der Waals surface area contributed by atoms with Gasteiger partial charge < -0.3 is 4.74 Å². The van der Waals surface area contributed by atoms with Crippen molar-refractivity contribution in [1.29, 1.82) is 5.26 Å². The molecule has 3 heteroatoms. The summed E-state index contributed by atoms with van der Waals surface area (Å²) in [5.41, 5.74) is 3.05. The molecule has 0 radical (unpaired) electrons. The Hall–Kier alpha value is -1.46. The smallest absolute Gasteiger partial charge is 0.124 e. The maximum atomic E-state index is 9.56. The molecule has 0 saturated heterocycles. The normalized spacial score (nSPS) is 23.5. The van der Waals surface area contributed by atoms with Crippen molar-refractivity contribution >= 4 is 11.6 Å². The van der Waals surface area contributed by atoms with Gasteiger partial charge in [-0.25, -0.2) is 0 Å². The highest BCUT2D eigenvalue weighted by atomic mass is 35.5. The van der Waals surface area contributed by atoms with Crippen LogP contribution in [0.2, 0.25) is 0 Å². The fraction of sp³-hybridized carbons (Fsp3) is 0.357. The van der Waals surface area contributed by atoms with Crippen LogP contribution in [-0.4, -0.2) is 6.61 Å². The highest BCUT2D eigenvalue weighted by Gasteiger charge is 2.37. The Kier molecular flexibility index (Phi) is 3.40. The summed E-state index contributed by atoms with van der Waals surface area (Å²) in [6, 6.07) is 10.2. The van der Waals surface area contributed by atoms with E-state index < -0.39 is 5.41 Å². The first-order valence-electron chi connectivity index (χ1n) is 5.61. The van der Waals surface area contributed by atoms with E-state index in [0.717, 1.165) is 16.9 Å². The molecule has 2 rings (SSSR count). The molecule has 17 heavy (non-hydrogen) atoms. The highest BCUT2D eigenvalue weighted by Crippen LogP contribution is 2.42. The average molecular weight is 248 g/mol. The van der Waals surface area contributed by atoms with Crippen LogP contribution in [-0.2, 0) is 5.41 Å². The molecule has 0 fully saturated rings. The average Bonchev–Trinajstić information content (AvgIpc) is 2.39. The Morgan fingerprint density at radius 3 is 3.06 bits per heavy atom. The molecule has 1 aliphatic rings. The van der Waals surface area contributed by atoms with Crippen molar-refractivity contribution in [2.45, 2.75) is 25.2 Å². The van der Waals surface area contributed by atoms with Crippen molar-refractivity contribution < 1.29 is 4.74 Å². The van der Waals surface area contributed by atoms with Gasteiger partial charge in [0.15, 0.2) is 0 Å². The van der Waals surface area contributed by atoms with Gasteiger partial charge in [0.05, 0.1) is 18.1 Å². The molecule has 0 saturated carbocycles. The summed E-state index contributed by atoms with van der Waals surface area (Å²) in [4.78, 5) is 0. The number of nitriles is 1. The van der Waals surface area contributed by atoms with Crippen molar-refractivity contribution in [3.8, 4) is 11.8 Å². The van der Waals surface area contributed by atoms with Gasteiger partial charge in [0.1, 0.15) is 5.75 Å². The monoisotopic (exact) mass is 247 g/mol. The fourth-order valence-electron chi connectivity index (χ4n) is 2.31. The molecule has 0 spiro atoms. The van der Waals surface area contributed by atoms with Gasteiger partial charge in [0.25, 0.3) is 0 Å². The predicted octanol–water partition coefficient (Wildman–Crippen LogP) is 3.76. The van der Waals surface area contributed by atoms with Crippen molar-refractivity contribution in [2.75, 3.05) is 6.61 Å². The highest BCUT2D eigenvalue weighted by molar-refractivity contribution is 6.25. The zero-order valence-electron chi connectivity index (χ0n) is 9.74. The third-order valence-electron chi connectivity index (χ3n) is 3.17. The fourth-order valence-corrected chi connectivity index (χ4v) is 2.39. The second-order valence-corrected chi connectivity index (χ2v) is 4.64. The van der Waals surface area contributed by atoms with Gasteiger partial charge in [0.2, 0.25) is 0 Å². The van der Waals surface area contributed by atoms with E-state index in [1.807, 2.05) is 31.2 Å². The number of fused-ring (bicyclic) bond motifs is 1. The summed E-state index contributed by atoms with van der Waals surface area (Å²) in [5.74, 6) is 0.822. The van der Waals surface area contributed by atoms with E-state index >= 15 is 0 Å². The maximum absolute atomic E-state index is 9.56. The van der Waals surface area contributed by atoms with Crippen LogP contribution in [0.25, 0.3) is 0 Å². The number of para-hydroxylation sites is 1. The number of benzene rings is 1. The van der Waals surface area contributed by atoms with Gasteiger partial charge in [-0.3, -0.25) is 0 Å². The van der Waals surface area contributed by atoms with Gasteiger partial charge in [0, 0.05) is 17.5 Å². The van der Waals surface area contributed by atoms with Gasteiger partial charge in [-0.1, -0.05) is 35.4 Å². The summed E-state index contributed by atoms with van der Waals surface area (Å²) in [5, 5.41) is 9.56. The van der Waals surface area contributed by atoms with E-state index in [2.05, 4.69) is 6.07 Å². The van der Waals surface area contributed by atoms with E-state index in [1.54, 1.807) is 5.54 Å². The Morgan fingerprint density at radius 1 is 1.59 bits per heavy atom. The first-order valence-corrected chi connectivity index (χ1v) is 6.05. The summed E-state index contributed by atoms with van der Waals surface area (Å²) in [7, 11) is 0. The molecule has 0 aromatic heterocycles. The van der Waals surface area contributed by atoms with E-state index in [0.29, 0.717) is 19.4 Å². The molecule has 0 aliphatic carbocycles. The SMILES string of the molecule is C/C(=C/Cl)CC1(C#N)CCOc2ccccc21. The number of hydrogen-bond acceptors (Lipinski definition) is 2.